The number of methoxy groups -OCH3 is 1. The maximum atomic E-state index is 15.2. The number of urea groups is 1. The van der Waals surface area contributed by atoms with Crippen molar-refractivity contribution >= 4 is 87.8 Å². The summed E-state index contributed by atoms with van der Waals surface area (Å²) in [6.07, 6.45) is 3.15. The van der Waals surface area contributed by atoms with Gasteiger partial charge >= 0.3 is 12.1 Å². The summed E-state index contributed by atoms with van der Waals surface area (Å²) in [6, 6.07) is 12.3. The van der Waals surface area contributed by atoms with Gasteiger partial charge in [0.2, 0.25) is 41.5 Å². The molecular weight excluding hydrogens is 1440 g/mol. The van der Waals surface area contributed by atoms with Crippen LogP contribution < -0.4 is 21.7 Å². The fourth-order valence-electron chi connectivity index (χ4n) is 15.1. The number of thiazole rings is 1. The van der Waals surface area contributed by atoms with E-state index >= 15 is 4.79 Å². The second kappa shape index (κ2) is 45.6. The summed E-state index contributed by atoms with van der Waals surface area (Å²) in [5.41, 5.74) is 7.45. The van der Waals surface area contributed by atoms with Crippen LogP contribution in [0.2, 0.25) is 0 Å². The SMILES string of the molecule is CC(C)(C)C.CC[C@H](C)[C@@H]([C@@H](CC(=O)N1CCC[C@H]1[C@H](CO)[C@@H](C)C(=O)CC(Cc1ccccc1)c1nccs1)OC)N(C)C(=O)[C@@H](CC(=O)[C@H](C(C)C)N(C)C(=O)OC(C(=O)N1CCN(C)CC1)c1ccc(NC(=O)[C@H](CCCNC(N)=O)CC(=O)[C@@H](NC(=O)CCCCCN2C(=O)CCC2=O)C(C)C)cc1)C(C)C. The lowest BCUT2D eigenvalue weighted by Crippen LogP contribution is -2.54. The van der Waals surface area contributed by atoms with E-state index in [1.165, 1.54) is 47.4 Å². The molecular formula is C84H131N11O15S. The average Bonchev–Trinajstić information content (AvgIpc) is 1.79. The van der Waals surface area contributed by atoms with Gasteiger partial charge in [-0.15, -0.1) is 11.3 Å². The molecule has 2 unspecified atom stereocenters. The Kier molecular flexibility index (Phi) is 38.5. The summed E-state index contributed by atoms with van der Waals surface area (Å²) in [4.78, 5) is 180. The fraction of sp³-hybridized carbons (Fsp3) is 0.679. The lowest BCUT2D eigenvalue weighted by atomic mass is 9.80. The number of imide groups is 1. The number of likely N-dealkylation sites (N-methyl/N-ethyl adjacent to an activating group) is 3. The third-order valence-electron chi connectivity index (χ3n) is 21.7. The Morgan fingerprint density at radius 1 is 0.757 bits per heavy atom. The molecule has 3 aliphatic rings. The second-order valence-corrected chi connectivity index (χ2v) is 34.3. The standard InChI is InChI=1S/C79H119N11O15S.C5H12/c1-14-52(8)72(65(104-13)47-69(98)89-37-22-26-61(89)60(48-91)53(9)62(92)45-57(75-81-35-42-106-75)43-54-23-17-15-18-24-54)86(11)76(100)59(49(2)3)46-64(94)71(51(6)7)87(12)79(103)105-73(77(101)88-40-38-85(10)39-41-88)55-28-30-58(31-29-55)83-74(99)56(25-21-34-82-78(80)102)44-63(93)70(50(4)5)84-66(95)27-19-16-20-36-90-67(96)32-33-68(90)97;1-5(2,3)4/h15,17-18,23-24,28-31,35,42,49-53,56-57,59-61,65,70-73,91H,14,16,19-22,25-27,32-34,36-41,43-48H2,1-13H3,(H,83,99)(H,84,95)(H3,80,82,102);1-4H3/t52-,53+,56+,57?,59-,60+,61-,65+,70-,71-,72-,73?;/m0./s1. The van der Waals surface area contributed by atoms with Gasteiger partial charge in [0.1, 0.15) is 5.78 Å². The van der Waals surface area contributed by atoms with Crippen LogP contribution in [-0.2, 0) is 63.8 Å². The van der Waals surface area contributed by atoms with Gasteiger partial charge in [-0.1, -0.05) is 145 Å². The van der Waals surface area contributed by atoms with Gasteiger partial charge in [0, 0.05) is 171 Å². The molecule has 26 nitrogen and oxygen atoms in total. The summed E-state index contributed by atoms with van der Waals surface area (Å²) in [7, 11) is 6.54. The van der Waals surface area contributed by atoms with Crippen molar-refractivity contribution in [3.05, 3.63) is 82.3 Å². The van der Waals surface area contributed by atoms with Gasteiger partial charge in [-0.25, -0.2) is 14.6 Å². The molecule has 10 amide bonds. The number of unbranched alkanes of at least 4 members (excludes halogenated alkanes) is 2. The van der Waals surface area contributed by atoms with E-state index in [-0.39, 0.29) is 147 Å². The van der Waals surface area contributed by atoms with Gasteiger partial charge in [0.05, 0.1) is 35.7 Å². The molecule has 0 bridgehead atoms. The summed E-state index contributed by atoms with van der Waals surface area (Å²) in [6.45, 7) is 27.7. The van der Waals surface area contributed by atoms with Gasteiger partial charge < -0.3 is 60.8 Å². The first-order valence-electron chi connectivity index (χ1n) is 40.1. The Morgan fingerprint density at radius 3 is 1.95 bits per heavy atom. The van der Waals surface area contributed by atoms with E-state index in [4.69, 9.17) is 15.2 Å². The van der Waals surface area contributed by atoms with E-state index in [1.54, 1.807) is 67.8 Å². The van der Waals surface area contributed by atoms with Crippen molar-refractivity contribution in [2.24, 2.45) is 58.5 Å². The molecule has 111 heavy (non-hydrogen) atoms. The molecule has 6 rings (SSSR count). The number of aliphatic hydroxyl groups excluding tert-OH is 1. The number of nitrogens with two attached hydrogens (primary N) is 1. The van der Waals surface area contributed by atoms with Crippen LogP contribution in [0, 0.1) is 52.8 Å². The first kappa shape index (κ1) is 93.6. The van der Waals surface area contributed by atoms with Crippen molar-refractivity contribution in [1.29, 1.82) is 0 Å². The number of aliphatic hydroxyl groups is 1. The number of piperazine rings is 1. The summed E-state index contributed by atoms with van der Waals surface area (Å²) in [5, 5.41) is 22.0. The maximum Gasteiger partial charge on any atom is 0.411 e. The van der Waals surface area contributed by atoms with Gasteiger partial charge in [-0.05, 0) is 98.8 Å². The van der Waals surface area contributed by atoms with Gasteiger partial charge in [0.15, 0.2) is 11.6 Å². The third kappa shape index (κ3) is 29.2. The number of ketones is 3. The number of Topliss-reactive ketones (excluding diaryl/α,β-unsaturated/α-hetero) is 3. The minimum Gasteiger partial charge on any atom is -0.431 e. The summed E-state index contributed by atoms with van der Waals surface area (Å²) >= 11 is 1.51. The number of hydrogen-bond acceptors (Lipinski definition) is 18. The highest BCUT2D eigenvalue weighted by Crippen LogP contribution is 2.36. The minimum absolute atomic E-state index is 0.0108. The molecule has 1 aromatic heterocycles. The summed E-state index contributed by atoms with van der Waals surface area (Å²) in [5.74, 6) is -7.62. The van der Waals surface area contributed by atoms with E-state index in [0.29, 0.717) is 89.6 Å². The Bertz CT molecular complexity index is 3490. The number of likely N-dealkylation sites (tertiary alicyclic amines) is 2. The Labute approximate surface area is 663 Å². The quantitative estimate of drug-likeness (QED) is 0.0260. The van der Waals surface area contributed by atoms with Gasteiger partial charge in [0.25, 0.3) is 5.91 Å². The van der Waals surface area contributed by atoms with E-state index in [0.717, 1.165) is 10.6 Å². The third-order valence-corrected chi connectivity index (χ3v) is 22.6. The van der Waals surface area contributed by atoms with Crippen LogP contribution in [0.1, 0.15) is 214 Å². The first-order valence-corrected chi connectivity index (χ1v) is 41.0. The number of carbonyl (C=O) groups is 12. The number of rotatable bonds is 43. The molecule has 0 radical (unpaired) electrons. The maximum absolute atomic E-state index is 15.2. The van der Waals surface area contributed by atoms with Crippen LogP contribution in [0.25, 0.3) is 0 Å². The van der Waals surface area contributed by atoms with Crippen molar-refractivity contribution in [1.82, 2.24) is 45.0 Å². The number of nitrogens with zero attached hydrogens (tertiary/aromatic N) is 7. The molecule has 2 aromatic carbocycles. The second-order valence-electron chi connectivity index (χ2n) is 33.3. The van der Waals surface area contributed by atoms with E-state index in [2.05, 4.69) is 53.5 Å². The Morgan fingerprint density at radius 2 is 1.40 bits per heavy atom. The molecule has 3 fully saturated rings. The van der Waals surface area contributed by atoms with Crippen molar-refractivity contribution in [3.8, 4) is 0 Å². The molecule has 3 aromatic rings. The van der Waals surface area contributed by atoms with Crippen LogP contribution in [0.5, 0.6) is 0 Å². The predicted molar refractivity (Wildman–Crippen MR) is 429 cm³/mol. The largest absolute Gasteiger partial charge is 0.431 e. The van der Waals surface area contributed by atoms with E-state index in [1.807, 2.05) is 77.4 Å². The molecule has 3 saturated heterocycles. The minimum atomic E-state index is -1.51. The van der Waals surface area contributed by atoms with Crippen LogP contribution in [0.4, 0.5) is 15.3 Å². The number of primary amides is 1. The fourth-order valence-corrected chi connectivity index (χ4v) is 15.9. The monoisotopic (exact) mass is 1570 g/mol. The molecule has 6 N–H and O–H groups in total. The Hall–Kier alpha value is -8.01. The number of anilines is 1. The van der Waals surface area contributed by atoms with Gasteiger partial charge in [-0.3, -0.25) is 52.8 Å². The first-order chi connectivity index (χ1) is 52.4. The lowest BCUT2D eigenvalue weighted by molar-refractivity contribution is -0.148. The van der Waals surface area contributed by atoms with Crippen LogP contribution >= 0.6 is 11.3 Å². The van der Waals surface area contributed by atoms with Crippen molar-refractivity contribution in [2.45, 2.75) is 235 Å². The lowest BCUT2D eigenvalue weighted by Gasteiger charge is -2.41. The predicted octanol–water partition coefficient (Wildman–Crippen LogP) is 10.6. The van der Waals surface area contributed by atoms with Crippen LogP contribution in [-0.4, -0.2) is 221 Å². The van der Waals surface area contributed by atoms with E-state index in [9.17, 15) is 57.8 Å². The number of nitrogens with one attached hydrogen (secondary N) is 3. The number of carbonyl (C=O) groups excluding carboxylic acids is 12. The zero-order valence-electron chi connectivity index (χ0n) is 69.3. The molecule has 12 atom stereocenters. The van der Waals surface area contributed by atoms with Gasteiger partial charge in [-0.2, -0.15) is 0 Å². The smallest absolute Gasteiger partial charge is 0.411 e. The van der Waals surface area contributed by atoms with E-state index < -0.39 is 95.7 Å². The normalized spacial score (nSPS) is 17.8. The molecule has 0 spiro atoms. The zero-order valence-corrected chi connectivity index (χ0v) is 70.1. The topological polar surface area (TPSA) is 338 Å². The highest BCUT2D eigenvalue weighted by Gasteiger charge is 2.45. The average molecular weight is 1570 g/mol. The summed E-state index contributed by atoms with van der Waals surface area (Å²) < 4.78 is 12.4. The number of aromatic nitrogens is 1. The number of ether oxygens (including phenoxy) is 2. The van der Waals surface area contributed by atoms with Crippen molar-refractivity contribution in [2.75, 3.05) is 86.0 Å². The number of hydrogen-bond donors (Lipinski definition) is 5. The highest BCUT2D eigenvalue weighted by atomic mass is 32.1. The Balaban J connectivity index is 0.00000426. The number of amides is 10. The molecule has 3 aliphatic heterocycles. The molecule has 27 heteroatoms. The zero-order chi connectivity index (χ0) is 82.6. The van der Waals surface area contributed by atoms with Crippen LogP contribution in [0.15, 0.2) is 66.2 Å². The molecule has 0 aliphatic carbocycles. The highest BCUT2D eigenvalue weighted by molar-refractivity contribution is 7.09. The molecule has 4 heterocycles. The molecule has 618 valence electrons. The van der Waals surface area contributed by atoms with Crippen LogP contribution in [0.3, 0.4) is 0 Å². The van der Waals surface area contributed by atoms with Crippen molar-refractivity contribution < 1.29 is 72.1 Å². The number of benzene rings is 2. The molecule has 0 saturated carbocycles. The van der Waals surface area contributed by atoms with Crippen molar-refractivity contribution in [3.63, 3.8) is 0 Å².